The van der Waals surface area contributed by atoms with Crippen molar-refractivity contribution in [2.45, 2.75) is 0 Å². The molecule has 1 heterocycles. The summed E-state index contributed by atoms with van der Waals surface area (Å²) >= 11 is -0.601. The average Bonchev–Trinajstić information content (AvgIpc) is 3.61. The van der Waals surface area contributed by atoms with Gasteiger partial charge < -0.3 is 0 Å². The summed E-state index contributed by atoms with van der Waals surface area (Å²) in [6, 6.07) is 71.1. The maximum atomic E-state index is 2.52. The van der Waals surface area contributed by atoms with Gasteiger partial charge >= 0.3 is 332 Å². The molecule has 0 aromatic heterocycles. The van der Waals surface area contributed by atoms with Crippen LogP contribution in [0.3, 0.4) is 0 Å². The van der Waals surface area contributed by atoms with E-state index >= 15 is 0 Å². The fourth-order valence-corrected chi connectivity index (χ4v) is 15.2. The summed E-state index contributed by atoms with van der Waals surface area (Å²) in [6.45, 7) is 0. The molecule has 1 aliphatic heterocycles. The molecule has 252 valence electrons. The van der Waals surface area contributed by atoms with E-state index in [1.54, 1.807) is 8.79 Å². The Labute approximate surface area is 329 Å². The van der Waals surface area contributed by atoms with Crippen molar-refractivity contribution < 1.29 is 0 Å². The molecule has 0 saturated heterocycles. The van der Waals surface area contributed by atoms with E-state index in [9.17, 15) is 0 Å². The summed E-state index contributed by atoms with van der Waals surface area (Å²) in [6.07, 6.45) is 0. The molecule has 0 atom stereocenters. The molecule has 0 bridgehead atoms. The first kappa shape index (κ1) is 31.8. The van der Waals surface area contributed by atoms with Gasteiger partial charge in [0.25, 0.3) is 0 Å². The van der Waals surface area contributed by atoms with Crippen molar-refractivity contribution in [3.8, 4) is 55.6 Å². The van der Waals surface area contributed by atoms with Gasteiger partial charge in [-0.3, -0.25) is 0 Å². The second kappa shape index (κ2) is 12.7. The Morgan fingerprint density at radius 1 is 0.315 bits per heavy atom. The van der Waals surface area contributed by atoms with Gasteiger partial charge in [0, 0.05) is 0 Å². The van der Waals surface area contributed by atoms with E-state index in [1.165, 1.54) is 103 Å². The molecule has 0 saturated carbocycles. The Morgan fingerprint density at radius 3 is 1.54 bits per heavy atom. The molecule has 10 aromatic rings. The average molecular weight is 806 g/mol. The third kappa shape index (κ3) is 4.97. The predicted molar refractivity (Wildman–Crippen MR) is 241 cm³/mol. The van der Waals surface area contributed by atoms with Crippen LogP contribution < -0.4 is 13.2 Å². The van der Waals surface area contributed by atoms with Gasteiger partial charge in [-0.1, -0.05) is 0 Å². The normalized spacial score (nSPS) is 12.6. The quantitative estimate of drug-likeness (QED) is 0.123. The fraction of sp³-hybridized carbons (Fsp3) is 0. The SMILES string of the molecule is [GeH3][c]1ccccc1-c1cccc(-c2cccc3c(-c4c5ccccc5cc5ccccc45)c4cccc(-c5cccc6[c]5[GeH2][c]5ccccc5-6)c4cc23)c1. The third-order valence-electron chi connectivity index (χ3n) is 11.8. The monoisotopic (exact) mass is 808 g/mol. The molecule has 2 heteroatoms. The van der Waals surface area contributed by atoms with Crippen LogP contribution in [0.5, 0.6) is 0 Å². The first-order valence-corrected chi connectivity index (χ1v) is 24.0. The maximum absolute atomic E-state index is 2.52. The van der Waals surface area contributed by atoms with Crippen molar-refractivity contribution in [1.29, 1.82) is 0 Å². The minimum atomic E-state index is -1.19. The first-order valence-electron chi connectivity index (χ1n) is 19.0. The van der Waals surface area contributed by atoms with Crippen LogP contribution in [-0.4, -0.2) is 31.9 Å². The van der Waals surface area contributed by atoms with Gasteiger partial charge in [0.1, 0.15) is 0 Å². The van der Waals surface area contributed by atoms with Gasteiger partial charge in [-0.25, -0.2) is 0 Å². The summed E-state index contributed by atoms with van der Waals surface area (Å²) in [5.74, 6) is 0. The molecule has 0 nitrogen and oxygen atoms in total. The van der Waals surface area contributed by atoms with Crippen LogP contribution in [0, 0.1) is 0 Å². The van der Waals surface area contributed by atoms with Crippen molar-refractivity contribution in [1.82, 2.24) is 0 Å². The molecule has 0 spiro atoms. The second-order valence-corrected chi connectivity index (χ2v) is 20.9. The number of fused-ring (bicyclic) bond motifs is 7. The van der Waals surface area contributed by atoms with Gasteiger partial charge in [-0.2, -0.15) is 0 Å². The van der Waals surface area contributed by atoms with Crippen molar-refractivity contribution in [3.05, 3.63) is 188 Å². The Bertz CT molecular complexity index is 3100. The summed E-state index contributed by atoms with van der Waals surface area (Å²) in [7, 11) is 0. The van der Waals surface area contributed by atoms with E-state index in [0.29, 0.717) is 16.5 Å². The standard InChI is InChI=1S/C52H36Ge2/c53-48-27-7-5-17-37(48)33-16-9-15-32(29-33)36-21-10-23-42-46(36)31-47-40(44-25-12-26-45-41-20-6-8-28-49(41)54-52(44)45)22-11-24-43(47)51(42)50-38-18-3-1-13-34(38)30-35-14-2-4-19-39(35)50/h1-31H,54H2,53H3. The van der Waals surface area contributed by atoms with E-state index < -0.39 is 15.4 Å². The van der Waals surface area contributed by atoms with Gasteiger partial charge in [-0.15, -0.1) is 0 Å². The molecule has 54 heavy (non-hydrogen) atoms. The molecule has 11 rings (SSSR count). The van der Waals surface area contributed by atoms with E-state index in [2.05, 4.69) is 188 Å². The van der Waals surface area contributed by atoms with E-state index in [1.807, 2.05) is 0 Å². The van der Waals surface area contributed by atoms with Crippen molar-refractivity contribution in [2.24, 2.45) is 0 Å². The molecule has 0 amide bonds. The Hall–Kier alpha value is -5.67. The zero-order valence-corrected chi connectivity index (χ0v) is 37.3. The van der Waals surface area contributed by atoms with Crippen molar-refractivity contribution >= 4 is 88.2 Å². The van der Waals surface area contributed by atoms with Crippen molar-refractivity contribution in [3.63, 3.8) is 0 Å². The minimum absolute atomic E-state index is 0.591. The van der Waals surface area contributed by atoms with Gasteiger partial charge in [0.05, 0.1) is 0 Å². The van der Waals surface area contributed by atoms with Crippen molar-refractivity contribution in [2.75, 3.05) is 0 Å². The zero-order chi connectivity index (χ0) is 35.8. The van der Waals surface area contributed by atoms with E-state index in [0.717, 1.165) is 0 Å². The summed E-state index contributed by atoms with van der Waals surface area (Å²) < 4.78 is 4.68. The van der Waals surface area contributed by atoms with Crippen LogP contribution in [0.4, 0.5) is 0 Å². The molecule has 0 N–H and O–H groups in total. The summed E-state index contributed by atoms with van der Waals surface area (Å²) in [5.41, 5.74) is 13.5. The number of benzene rings is 10. The van der Waals surface area contributed by atoms with Crippen LogP contribution in [0.25, 0.3) is 98.7 Å². The Kier molecular flexibility index (Phi) is 7.50. The van der Waals surface area contributed by atoms with Gasteiger partial charge in [0.2, 0.25) is 0 Å². The number of rotatable bonds is 4. The van der Waals surface area contributed by atoms with Crippen LogP contribution in [0.1, 0.15) is 0 Å². The molecule has 0 fully saturated rings. The molecule has 0 aliphatic carbocycles. The summed E-state index contributed by atoms with van der Waals surface area (Å²) in [4.78, 5) is 0. The molecule has 0 unspecified atom stereocenters. The molecular formula is C52H36Ge2. The third-order valence-corrected chi connectivity index (χ3v) is 18.1. The molecule has 1 aliphatic rings. The molecule has 0 radical (unpaired) electrons. The zero-order valence-electron chi connectivity index (χ0n) is 30.1. The predicted octanol–water partition coefficient (Wildman–Crippen LogP) is 10.1. The Balaban J connectivity index is 1.27. The van der Waals surface area contributed by atoms with Gasteiger partial charge in [-0.05, 0) is 0 Å². The van der Waals surface area contributed by atoms with Crippen LogP contribution in [-0.2, 0) is 0 Å². The number of hydrogen-bond acceptors (Lipinski definition) is 0. The van der Waals surface area contributed by atoms with Crippen LogP contribution >= 0.6 is 0 Å². The van der Waals surface area contributed by atoms with E-state index in [-0.39, 0.29) is 0 Å². The Morgan fingerprint density at radius 2 is 0.796 bits per heavy atom. The van der Waals surface area contributed by atoms with E-state index in [4.69, 9.17) is 0 Å². The van der Waals surface area contributed by atoms with Crippen LogP contribution in [0.2, 0.25) is 0 Å². The van der Waals surface area contributed by atoms with Crippen LogP contribution in [0.15, 0.2) is 188 Å². The molecule has 10 aromatic carbocycles. The van der Waals surface area contributed by atoms with Gasteiger partial charge in [0.15, 0.2) is 0 Å². The second-order valence-electron chi connectivity index (χ2n) is 14.8. The summed E-state index contributed by atoms with van der Waals surface area (Å²) in [5, 5.41) is 10.3. The molecular weight excluding hydrogens is 770 g/mol. The topological polar surface area (TPSA) is 0 Å². The fourth-order valence-electron chi connectivity index (χ4n) is 9.37. The first-order chi connectivity index (χ1) is 26.7. The number of hydrogen-bond donors (Lipinski definition) is 0.